The predicted octanol–water partition coefficient (Wildman–Crippen LogP) is 2.25. The number of hydrogen-bond acceptors (Lipinski definition) is 3. The van der Waals surface area contributed by atoms with Gasteiger partial charge in [-0.05, 0) is 25.1 Å². The lowest BCUT2D eigenvalue weighted by Gasteiger charge is -2.47. The van der Waals surface area contributed by atoms with Crippen LogP contribution in [0.3, 0.4) is 0 Å². The first-order valence-electron chi connectivity index (χ1n) is 6.58. The molecule has 2 aliphatic heterocycles. The summed E-state index contributed by atoms with van der Waals surface area (Å²) in [6.07, 6.45) is 0. The molecular weight excluding hydrogens is 248 g/mol. The highest BCUT2D eigenvalue weighted by Crippen LogP contribution is 2.24. The SMILES string of the molecule is CC1CN(c2cccc(Cl)c2)CCN1C1COC1. The standard InChI is InChI=1S/C14H19ClN2O/c1-11-8-16(13-4-2-3-12(15)7-13)5-6-17(11)14-9-18-10-14/h2-4,7,11,14H,5-6,8-10H2,1H3. The maximum atomic E-state index is 6.06. The molecule has 2 heterocycles. The van der Waals surface area contributed by atoms with Gasteiger partial charge in [0, 0.05) is 36.4 Å². The van der Waals surface area contributed by atoms with Gasteiger partial charge in [-0.2, -0.15) is 0 Å². The molecule has 0 aromatic heterocycles. The summed E-state index contributed by atoms with van der Waals surface area (Å²) in [7, 11) is 0. The second-order valence-corrected chi connectivity index (χ2v) is 5.64. The van der Waals surface area contributed by atoms with E-state index in [9.17, 15) is 0 Å². The Morgan fingerprint density at radius 2 is 2.11 bits per heavy atom. The maximum absolute atomic E-state index is 6.06. The molecule has 98 valence electrons. The average Bonchev–Trinajstić information content (AvgIpc) is 2.29. The van der Waals surface area contributed by atoms with E-state index in [1.54, 1.807) is 0 Å². The van der Waals surface area contributed by atoms with Gasteiger partial charge in [-0.15, -0.1) is 0 Å². The third kappa shape index (κ3) is 2.35. The second kappa shape index (κ2) is 5.08. The lowest BCUT2D eigenvalue weighted by molar-refractivity contribution is -0.0792. The van der Waals surface area contributed by atoms with Gasteiger partial charge in [0.05, 0.1) is 19.3 Å². The van der Waals surface area contributed by atoms with Crippen molar-refractivity contribution in [2.45, 2.75) is 19.0 Å². The Bertz CT molecular complexity index is 422. The van der Waals surface area contributed by atoms with Crippen LogP contribution in [0.25, 0.3) is 0 Å². The molecule has 2 fully saturated rings. The smallest absolute Gasteiger partial charge is 0.0645 e. The topological polar surface area (TPSA) is 15.7 Å². The van der Waals surface area contributed by atoms with Crippen LogP contribution < -0.4 is 4.90 Å². The van der Waals surface area contributed by atoms with E-state index in [1.165, 1.54) is 5.69 Å². The predicted molar refractivity (Wildman–Crippen MR) is 74.4 cm³/mol. The maximum Gasteiger partial charge on any atom is 0.0645 e. The normalized spacial score (nSPS) is 26.1. The van der Waals surface area contributed by atoms with Crippen molar-refractivity contribution in [3.8, 4) is 0 Å². The molecule has 1 atom stereocenters. The van der Waals surface area contributed by atoms with Gasteiger partial charge in [0.1, 0.15) is 0 Å². The zero-order valence-electron chi connectivity index (χ0n) is 10.7. The van der Waals surface area contributed by atoms with E-state index < -0.39 is 0 Å². The molecule has 0 radical (unpaired) electrons. The van der Waals surface area contributed by atoms with Gasteiger partial charge in [0.15, 0.2) is 0 Å². The summed E-state index contributed by atoms with van der Waals surface area (Å²) in [5.74, 6) is 0. The van der Waals surface area contributed by atoms with E-state index in [2.05, 4.69) is 28.9 Å². The van der Waals surface area contributed by atoms with Gasteiger partial charge in [0.2, 0.25) is 0 Å². The fraction of sp³-hybridized carbons (Fsp3) is 0.571. The molecule has 1 unspecified atom stereocenters. The lowest BCUT2D eigenvalue weighted by atomic mass is 10.1. The molecule has 3 rings (SSSR count). The Labute approximate surface area is 113 Å². The summed E-state index contributed by atoms with van der Waals surface area (Å²) in [6.45, 7) is 7.36. The number of piperazine rings is 1. The third-order valence-electron chi connectivity index (χ3n) is 3.94. The first-order valence-corrected chi connectivity index (χ1v) is 6.96. The summed E-state index contributed by atoms with van der Waals surface area (Å²) >= 11 is 6.06. The average molecular weight is 267 g/mol. The first-order chi connectivity index (χ1) is 8.74. The van der Waals surface area contributed by atoms with Crippen LogP contribution in [0.4, 0.5) is 5.69 Å². The fourth-order valence-electron chi connectivity index (χ4n) is 2.84. The van der Waals surface area contributed by atoms with Crippen molar-refractivity contribution in [3.63, 3.8) is 0 Å². The minimum atomic E-state index is 0.576. The molecule has 0 saturated carbocycles. The molecule has 18 heavy (non-hydrogen) atoms. The minimum absolute atomic E-state index is 0.576. The van der Waals surface area contributed by atoms with Crippen LogP contribution in [0.2, 0.25) is 5.02 Å². The van der Waals surface area contributed by atoms with Crippen molar-refractivity contribution in [2.24, 2.45) is 0 Å². The monoisotopic (exact) mass is 266 g/mol. The highest BCUT2D eigenvalue weighted by molar-refractivity contribution is 6.30. The van der Waals surface area contributed by atoms with Crippen LogP contribution in [0, 0.1) is 0 Å². The summed E-state index contributed by atoms with van der Waals surface area (Å²) in [5, 5.41) is 0.815. The Morgan fingerprint density at radius 3 is 2.72 bits per heavy atom. The molecule has 0 N–H and O–H groups in total. The van der Waals surface area contributed by atoms with Crippen LogP contribution in [0.5, 0.6) is 0 Å². The van der Waals surface area contributed by atoms with E-state index in [1.807, 2.05) is 12.1 Å². The highest BCUT2D eigenvalue weighted by Gasteiger charge is 2.33. The number of rotatable bonds is 2. The van der Waals surface area contributed by atoms with Crippen molar-refractivity contribution in [1.82, 2.24) is 4.90 Å². The number of anilines is 1. The molecular formula is C14H19ClN2O. The Morgan fingerprint density at radius 1 is 1.28 bits per heavy atom. The van der Waals surface area contributed by atoms with Crippen molar-refractivity contribution in [2.75, 3.05) is 37.7 Å². The van der Waals surface area contributed by atoms with E-state index in [4.69, 9.17) is 16.3 Å². The van der Waals surface area contributed by atoms with Crippen LogP contribution in [0.15, 0.2) is 24.3 Å². The summed E-state index contributed by atoms with van der Waals surface area (Å²) in [4.78, 5) is 5.00. The van der Waals surface area contributed by atoms with Crippen LogP contribution in [0.1, 0.15) is 6.92 Å². The second-order valence-electron chi connectivity index (χ2n) is 5.20. The molecule has 0 bridgehead atoms. The van der Waals surface area contributed by atoms with E-state index in [0.29, 0.717) is 12.1 Å². The Kier molecular flexibility index (Phi) is 3.46. The molecule has 1 aromatic rings. The summed E-state index contributed by atoms with van der Waals surface area (Å²) in [6, 6.07) is 9.36. The Hall–Kier alpha value is -0.770. The van der Waals surface area contributed by atoms with E-state index in [-0.39, 0.29) is 0 Å². The van der Waals surface area contributed by atoms with E-state index in [0.717, 1.165) is 37.9 Å². The third-order valence-corrected chi connectivity index (χ3v) is 4.18. The fourth-order valence-corrected chi connectivity index (χ4v) is 3.02. The van der Waals surface area contributed by atoms with Crippen molar-refractivity contribution in [3.05, 3.63) is 29.3 Å². The van der Waals surface area contributed by atoms with Crippen molar-refractivity contribution in [1.29, 1.82) is 0 Å². The summed E-state index contributed by atoms with van der Waals surface area (Å²) in [5.41, 5.74) is 1.24. The molecule has 1 aromatic carbocycles. The van der Waals surface area contributed by atoms with Gasteiger partial charge >= 0.3 is 0 Å². The zero-order chi connectivity index (χ0) is 12.5. The first kappa shape index (κ1) is 12.3. The molecule has 2 saturated heterocycles. The van der Waals surface area contributed by atoms with Gasteiger partial charge in [-0.1, -0.05) is 17.7 Å². The highest BCUT2D eigenvalue weighted by atomic mass is 35.5. The molecule has 0 amide bonds. The van der Waals surface area contributed by atoms with Crippen LogP contribution in [-0.4, -0.2) is 49.8 Å². The van der Waals surface area contributed by atoms with Crippen molar-refractivity contribution < 1.29 is 4.74 Å². The van der Waals surface area contributed by atoms with Crippen LogP contribution >= 0.6 is 11.6 Å². The molecule has 0 spiro atoms. The minimum Gasteiger partial charge on any atom is -0.378 e. The van der Waals surface area contributed by atoms with Gasteiger partial charge in [0.25, 0.3) is 0 Å². The molecule has 3 nitrogen and oxygen atoms in total. The van der Waals surface area contributed by atoms with Gasteiger partial charge < -0.3 is 9.64 Å². The number of benzene rings is 1. The van der Waals surface area contributed by atoms with Crippen molar-refractivity contribution >= 4 is 17.3 Å². The number of ether oxygens (including phenoxy) is 1. The van der Waals surface area contributed by atoms with Gasteiger partial charge in [-0.25, -0.2) is 0 Å². The number of nitrogens with zero attached hydrogens (tertiary/aromatic N) is 2. The molecule has 4 heteroatoms. The van der Waals surface area contributed by atoms with Crippen LogP contribution in [-0.2, 0) is 4.74 Å². The summed E-state index contributed by atoms with van der Waals surface area (Å²) < 4.78 is 5.29. The van der Waals surface area contributed by atoms with Gasteiger partial charge in [-0.3, -0.25) is 4.90 Å². The molecule has 2 aliphatic rings. The number of halogens is 1. The number of hydrogen-bond donors (Lipinski definition) is 0. The Balaban J connectivity index is 1.67. The molecule has 0 aliphatic carbocycles. The largest absolute Gasteiger partial charge is 0.378 e. The quantitative estimate of drug-likeness (QED) is 0.817. The lowest BCUT2D eigenvalue weighted by Crippen LogP contribution is -2.60. The van der Waals surface area contributed by atoms with E-state index >= 15 is 0 Å². The zero-order valence-corrected chi connectivity index (χ0v) is 11.4.